The van der Waals surface area contributed by atoms with Gasteiger partial charge in [-0.2, -0.15) is 0 Å². The van der Waals surface area contributed by atoms with Gasteiger partial charge in [-0.15, -0.1) is 0 Å². The van der Waals surface area contributed by atoms with Crippen LogP contribution in [0.2, 0.25) is 0 Å². The first-order chi connectivity index (χ1) is 12.5. The van der Waals surface area contributed by atoms with E-state index in [4.69, 9.17) is 0 Å². The predicted octanol–water partition coefficient (Wildman–Crippen LogP) is 5.89. The van der Waals surface area contributed by atoms with Crippen LogP contribution in [0.25, 0.3) is 17.3 Å². The van der Waals surface area contributed by atoms with E-state index in [-0.39, 0.29) is 5.41 Å². The second kappa shape index (κ2) is 5.54. The molecule has 0 unspecified atom stereocenters. The summed E-state index contributed by atoms with van der Waals surface area (Å²) in [6, 6.07) is 11.3. The SMILES string of the molecule is CC1=C(C(C)(C)C)C(C)=[N+]2C1=Cc1ccc(-c3ccc(C)cc3)n1[B-]2(F)F. The highest BCUT2D eigenvalue weighted by atomic mass is 19.2. The Morgan fingerprint density at radius 1 is 0.926 bits per heavy atom. The van der Waals surface area contributed by atoms with E-state index in [0.29, 0.717) is 22.8 Å². The minimum absolute atomic E-state index is 0.188. The molecule has 4 rings (SSSR count). The minimum atomic E-state index is -3.97. The van der Waals surface area contributed by atoms with E-state index in [1.807, 2.05) is 51.1 Å². The fourth-order valence-electron chi connectivity index (χ4n) is 4.71. The number of hydrogen-bond donors (Lipinski definition) is 0. The van der Waals surface area contributed by atoms with Crippen molar-refractivity contribution in [2.45, 2.75) is 41.5 Å². The molecule has 0 aliphatic carbocycles. The molecule has 2 aromatic rings. The van der Waals surface area contributed by atoms with Gasteiger partial charge in [0.1, 0.15) is 5.71 Å². The smallest absolute Gasteiger partial charge is 0.390 e. The van der Waals surface area contributed by atoms with Crippen LogP contribution < -0.4 is 0 Å². The summed E-state index contributed by atoms with van der Waals surface area (Å²) in [6.45, 7) is 8.05. The molecule has 0 atom stereocenters. The zero-order valence-corrected chi connectivity index (χ0v) is 16.8. The van der Waals surface area contributed by atoms with Gasteiger partial charge < -0.3 is 17.6 Å². The van der Waals surface area contributed by atoms with E-state index >= 15 is 8.63 Å². The summed E-state index contributed by atoms with van der Waals surface area (Å²) in [7, 11) is 0. The molecule has 0 radical (unpaired) electrons. The highest BCUT2D eigenvalue weighted by molar-refractivity contribution is 6.58. The fourth-order valence-corrected chi connectivity index (χ4v) is 4.71. The summed E-state index contributed by atoms with van der Waals surface area (Å²) >= 11 is 0. The Morgan fingerprint density at radius 2 is 1.56 bits per heavy atom. The van der Waals surface area contributed by atoms with Gasteiger partial charge in [0.2, 0.25) is 0 Å². The molecule has 0 amide bonds. The molecule has 0 fully saturated rings. The van der Waals surface area contributed by atoms with Crippen LogP contribution in [0.1, 0.15) is 45.9 Å². The van der Waals surface area contributed by atoms with Gasteiger partial charge in [0.25, 0.3) is 0 Å². The Labute approximate surface area is 159 Å². The summed E-state index contributed by atoms with van der Waals surface area (Å²) in [4.78, 5) is 0. The predicted molar refractivity (Wildman–Crippen MR) is 109 cm³/mol. The van der Waals surface area contributed by atoms with E-state index < -0.39 is 6.97 Å². The maximum absolute atomic E-state index is 15.9. The molecule has 0 bridgehead atoms. The average molecular weight is 366 g/mol. The number of halogens is 2. The molecular weight excluding hydrogens is 341 g/mol. The molecule has 0 spiro atoms. The standard InChI is InChI=1S/C22H25BF2N2/c1-14-7-9-17(10-8-14)19-12-11-18-13-20-15(2)21(22(4,5)6)16(3)26(20)23(24,25)27(18)19/h7-13H,1-6H3. The van der Waals surface area contributed by atoms with Crippen LogP contribution in [0.5, 0.6) is 0 Å². The van der Waals surface area contributed by atoms with Gasteiger partial charge in [-0.3, -0.25) is 0 Å². The summed E-state index contributed by atoms with van der Waals surface area (Å²) < 4.78 is 34.2. The zero-order chi connectivity index (χ0) is 19.7. The Hall–Kier alpha value is -2.43. The molecule has 2 aliphatic heterocycles. The van der Waals surface area contributed by atoms with E-state index in [9.17, 15) is 0 Å². The van der Waals surface area contributed by atoms with E-state index in [1.54, 1.807) is 12.1 Å². The van der Waals surface area contributed by atoms with Crippen LogP contribution >= 0.6 is 0 Å². The Bertz CT molecular complexity index is 1040. The second-order valence-electron chi connectivity index (χ2n) is 8.70. The van der Waals surface area contributed by atoms with Crippen molar-refractivity contribution in [2.24, 2.45) is 5.41 Å². The van der Waals surface area contributed by atoms with Gasteiger partial charge in [-0.1, -0.05) is 50.6 Å². The highest BCUT2D eigenvalue weighted by Gasteiger charge is 2.55. The van der Waals surface area contributed by atoms with Crippen LogP contribution in [0, 0.1) is 12.3 Å². The molecule has 3 heterocycles. The number of aryl methyl sites for hydroxylation is 1. The summed E-state index contributed by atoms with van der Waals surface area (Å²) in [5.41, 5.74) is 6.10. The van der Waals surface area contributed by atoms with Gasteiger partial charge in [0.05, 0.1) is 0 Å². The third-order valence-corrected chi connectivity index (χ3v) is 5.69. The first-order valence-electron chi connectivity index (χ1n) is 9.41. The summed E-state index contributed by atoms with van der Waals surface area (Å²) in [5.74, 6) is 0. The molecule has 2 aliphatic rings. The first-order valence-corrected chi connectivity index (χ1v) is 9.41. The second-order valence-corrected chi connectivity index (χ2v) is 8.70. The highest BCUT2D eigenvalue weighted by Crippen LogP contribution is 2.43. The lowest BCUT2D eigenvalue weighted by molar-refractivity contribution is -0.362. The molecule has 1 aromatic carbocycles. The molecule has 140 valence electrons. The van der Waals surface area contributed by atoms with Crippen molar-refractivity contribution in [3.63, 3.8) is 0 Å². The summed E-state index contributed by atoms with van der Waals surface area (Å²) in [6.07, 6.45) is 1.90. The maximum Gasteiger partial charge on any atom is 0.737 e. The van der Waals surface area contributed by atoms with Crippen molar-refractivity contribution in [1.29, 1.82) is 0 Å². The monoisotopic (exact) mass is 366 g/mol. The molecule has 1 aromatic heterocycles. The van der Waals surface area contributed by atoms with E-state index in [0.717, 1.165) is 22.3 Å². The Kier molecular flexibility index (Phi) is 3.68. The molecule has 0 N–H and O–H groups in total. The molecule has 0 saturated heterocycles. The number of rotatable bonds is 1. The number of aromatic nitrogens is 1. The fraction of sp³-hybridized carbons (Fsp3) is 0.318. The Balaban J connectivity index is 1.96. The van der Waals surface area contributed by atoms with Gasteiger partial charge in [0.15, 0.2) is 5.70 Å². The van der Waals surface area contributed by atoms with Crippen molar-refractivity contribution in [3.8, 4) is 11.3 Å². The van der Waals surface area contributed by atoms with Crippen LogP contribution in [0.3, 0.4) is 0 Å². The number of allylic oxidation sites excluding steroid dienone is 2. The van der Waals surface area contributed by atoms with Crippen molar-refractivity contribution in [3.05, 3.63) is 64.5 Å². The van der Waals surface area contributed by atoms with Crippen molar-refractivity contribution >= 4 is 18.8 Å². The van der Waals surface area contributed by atoms with Crippen molar-refractivity contribution < 1.29 is 13.1 Å². The van der Waals surface area contributed by atoms with Gasteiger partial charge in [0, 0.05) is 35.5 Å². The van der Waals surface area contributed by atoms with E-state index in [2.05, 4.69) is 20.8 Å². The topological polar surface area (TPSA) is 7.94 Å². The largest absolute Gasteiger partial charge is 0.737 e. The molecule has 2 nitrogen and oxygen atoms in total. The molecule has 5 heteroatoms. The number of nitrogens with zero attached hydrogens (tertiary/aromatic N) is 2. The third-order valence-electron chi connectivity index (χ3n) is 5.69. The van der Waals surface area contributed by atoms with Gasteiger partial charge in [-0.05, 0) is 37.0 Å². The lowest BCUT2D eigenvalue weighted by Gasteiger charge is -2.31. The van der Waals surface area contributed by atoms with Crippen LogP contribution in [0.15, 0.2) is 53.2 Å². The van der Waals surface area contributed by atoms with Gasteiger partial charge >= 0.3 is 6.97 Å². The number of fused-ring (bicyclic) bond motifs is 2. The third kappa shape index (κ3) is 2.48. The first kappa shape index (κ1) is 18.0. The Morgan fingerprint density at radius 3 is 2.15 bits per heavy atom. The molecule has 27 heavy (non-hydrogen) atoms. The van der Waals surface area contributed by atoms with Crippen molar-refractivity contribution in [2.75, 3.05) is 0 Å². The van der Waals surface area contributed by atoms with Crippen LogP contribution in [0.4, 0.5) is 8.63 Å². The van der Waals surface area contributed by atoms with Crippen LogP contribution in [-0.2, 0) is 0 Å². The average Bonchev–Trinajstić information content (AvgIpc) is 3.08. The quantitative estimate of drug-likeness (QED) is 0.556. The molecule has 0 saturated carbocycles. The lowest BCUT2D eigenvalue weighted by Crippen LogP contribution is -2.50. The van der Waals surface area contributed by atoms with Gasteiger partial charge in [-0.25, -0.2) is 0 Å². The maximum atomic E-state index is 15.9. The molecular formula is C22H25BF2N2. The number of benzene rings is 1. The normalized spacial score (nSPS) is 18.6. The van der Waals surface area contributed by atoms with Crippen LogP contribution in [-0.4, -0.2) is 21.6 Å². The summed E-state index contributed by atoms with van der Waals surface area (Å²) in [5, 5.41) is 0. The zero-order valence-electron chi connectivity index (χ0n) is 16.8. The number of hydrogen-bond acceptors (Lipinski definition) is 0. The minimum Gasteiger partial charge on any atom is -0.390 e. The lowest BCUT2D eigenvalue weighted by atomic mass is 9.82. The van der Waals surface area contributed by atoms with E-state index in [1.165, 1.54) is 8.96 Å². The van der Waals surface area contributed by atoms with Crippen molar-refractivity contribution in [1.82, 2.24) is 4.48 Å².